The number of hydrogen-bond donors (Lipinski definition) is 1. The highest BCUT2D eigenvalue weighted by Crippen LogP contribution is 2.29. The molecule has 0 unspecified atom stereocenters. The summed E-state index contributed by atoms with van der Waals surface area (Å²) in [6.07, 6.45) is 3.33. The van der Waals surface area contributed by atoms with Crippen LogP contribution in [0.4, 0.5) is 0 Å². The van der Waals surface area contributed by atoms with Crippen molar-refractivity contribution in [2.24, 2.45) is 0 Å². The molecular weight excluding hydrogens is 266 g/mol. The number of nitrogens with zero attached hydrogens (tertiary/aromatic N) is 2. The van der Waals surface area contributed by atoms with E-state index in [0.29, 0.717) is 0 Å². The van der Waals surface area contributed by atoms with Crippen molar-refractivity contribution in [3.05, 3.63) is 34.3 Å². The van der Waals surface area contributed by atoms with Gasteiger partial charge in [-0.2, -0.15) is 0 Å². The van der Waals surface area contributed by atoms with Crippen LogP contribution in [0.3, 0.4) is 0 Å². The van der Waals surface area contributed by atoms with E-state index in [1.807, 2.05) is 0 Å². The molecule has 0 saturated carbocycles. The fourth-order valence-corrected chi connectivity index (χ4v) is 3.33. The molecule has 3 nitrogen and oxygen atoms in total. The van der Waals surface area contributed by atoms with Crippen molar-refractivity contribution in [3.8, 4) is 10.6 Å². The van der Waals surface area contributed by atoms with Gasteiger partial charge < -0.3 is 5.32 Å². The Morgan fingerprint density at radius 3 is 2.55 bits per heavy atom. The number of hydrogen-bond acceptors (Lipinski definition) is 4. The molecule has 0 bridgehead atoms. The third-order valence-electron chi connectivity index (χ3n) is 3.33. The van der Waals surface area contributed by atoms with Crippen molar-refractivity contribution in [3.63, 3.8) is 0 Å². The maximum absolute atomic E-state index is 4.37. The first-order valence-electron chi connectivity index (χ1n) is 7.32. The largest absolute Gasteiger partial charge is 0.317 e. The first-order chi connectivity index (χ1) is 9.72. The summed E-state index contributed by atoms with van der Waals surface area (Å²) in [6, 6.07) is 6.37. The molecule has 4 heteroatoms. The molecule has 2 aromatic rings. The molecule has 108 valence electrons. The third kappa shape index (κ3) is 3.87. The Balaban J connectivity index is 1.98. The molecule has 0 aliphatic heterocycles. The smallest absolute Gasteiger partial charge is 0.148 e. The highest BCUT2D eigenvalue weighted by atomic mass is 32.1. The number of aryl methyl sites for hydroxylation is 3. The topological polar surface area (TPSA) is 37.8 Å². The van der Waals surface area contributed by atoms with Crippen LogP contribution in [0.15, 0.2) is 18.2 Å². The fraction of sp³-hybridized carbons (Fsp3) is 0.500. The molecule has 1 aromatic heterocycles. The minimum absolute atomic E-state index is 1.01. The molecule has 2 rings (SSSR count). The van der Waals surface area contributed by atoms with Crippen LogP contribution in [-0.4, -0.2) is 23.3 Å². The average Bonchev–Trinajstić information content (AvgIpc) is 2.87. The Kier molecular flexibility index (Phi) is 5.68. The van der Waals surface area contributed by atoms with Gasteiger partial charge in [-0.1, -0.05) is 36.5 Å². The molecule has 1 aromatic carbocycles. The molecule has 0 saturated heterocycles. The van der Waals surface area contributed by atoms with Crippen LogP contribution in [-0.2, 0) is 6.42 Å². The highest BCUT2D eigenvalue weighted by molar-refractivity contribution is 7.14. The molecular formula is C16H23N3S. The van der Waals surface area contributed by atoms with Crippen molar-refractivity contribution in [1.82, 2.24) is 15.5 Å². The van der Waals surface area contributed by atoms with Gasteiger partial charge in [0.25, 0.3) is 0 Å². The van der Waals surface area contributed by atoms with Crippen LogP contribution in [0.1, 0.15) is 35.9 Å². The summed E-state index contributed by atoms with van der Waals surface area (Å²) in [5.41, 5.74) is 3.80. The summed E-state index contributed by atoms with van der Waals surface area (Å²) < 4.78 is 0. The second-order valence-corrected chi connectivity index (χ2v) is 6.18. The van der Waals surface area contributed by atoms with E-state index in [2.05, 4.69) is 54.5 Å². The molecule has 0 aliphatic carbocycles. The van der Waals surface area contributed by atoms with E-state index in [1.54, 1.807) is 11.3 Å². The molecule has 20 heavy (non-hydrogen) atoms. The zero-order chi connectivity index (χ0) is 14.4. The molecule has 0 radical (unpaired) electrons. The number of aromatic nitrogens is 2. The number of nitrogens with one attached hydrogen (secondary N) is 1. The zero-order valence-corrected chi connectivity index (χ0v) is 13.4. The summed E-state index contributed by atoms with van der Waals surface area (Å²) in [4.78, 5) is 0. The fourth-order valence-electron chi connectivity index (χ4n) is 2.27. The van der Waals surface area contributed by atoms with Crippen molar-refractivity contribution >= 4 is 11.3 Å². The lowest BCUT2D eigenvalue weighted by atomic mass is 10.0. The van der Waals surface area contributed by atoms with Crippen LogP contribution in [0.25, 0.3) is 10.6 Å². The van der Waals surface area contributed by atoms with Crippen LogP contribution in [0.5, 0.6) is 0 Å². The molecule has 0 amide bonds. The number of rotatable bonds is 7. The van der Waals surface area contributed by atoms with Crippen LogP contribution in [0.2, 0.25) is 0 Å². The Morgan fingerprint density at radius 2 is 1.85 bits per heavy atom. The van der Waals surface area contributed by atoms with E-state index < -0.39 is 0 Å². The summed E-state index contributed by atoms with van der Waals surface area (Å²) in [5.74, 6) is 0. The van der Waals surface area contributed by atoms with Gasteiger partial charge in [0.2, 0.25) is 0 Å². The van der Waals surface area contributed by atoms with Gasteiger partial charge in [0.15, 0.2) is 0 Å². The predicted molar refractivity (Wildman–Crippen MR) is 86.3 cm³/mol. The molecule has 1 heterocycles. The van der Waals surface area contributed by atoms with Gasteiger partial charge in [-0.3, -0.25) is 0 Å². The SMILES string of the molecule is CCCNCCCc1nnc(-c2c(C)cccc2C)s1. The van der Waals surface area contributed by atoms with Crippen LogP contribution < -0.4 is 5.32 Å². The van der Waals surface area contributed by atoms with Crippen molar-refractivity contribution < 1.29 is 0 Å². The second kappa shape index (κ2) is 7.50. The van der Waals surface area contributed by atoms with E-state index in [4.69, 9.17) is 0 Å². The lowest BCUT2D eigenvalue weighted by molar-refractivity contribution is 0.637. The quantitative estimate of drug-likeness (QED) is 0.789. The summed E-state index contributed by atoms with van der Waals surface area (Å²) in [7, 11) is 0. The summed E-state index contributed by atoms with van der Waals surface area (Å²) >= 11 is 1.73. The summed E-state index contributed by atoms with van der Waals surface area (Å²) in [6.45, 7) is 8.63. The summed E-state index contributed by atoms with van der Waals surface area (Å²) in [5, 5.41) is 14.3. The maximum atomic E-state index is 4.37. The lowest BCUT2D eigenvalue weighted by Gasteiger charge is -2.04. The minimum atomic E-state index is 1.01. The van der Waals surface area contributed by atoms with E-state index in [-0.39, 0.29) is 0 Å². The van der Waals surface area contributed by atoms with Crippen LogP contribution in [0, 0.1) is 13.8 Å². The maximum Gasteiger partial charge on any atom is 0.148 e. The van der Waals surface area contributed by atoms with Crippen molar-refractivity contribution in [1.29, 1.82) is 0 Å². The monoisotopic (exact) mass is 289 g/mol. The van der Waals surface area contributed by atoms with Gasteiger partial charge in [-0.05, 0) is 50.9 Å². The van der Waals surface area contributed by atoms with Gasteiger partial charge in [0.1, 0.15) is 10.0 Å². The normalized spacial score (nSPS) is 10.9. The van der Waals surface area contributed by atoms with Gasteiger partial charge in [0.05, 0.1) is 0 Å². The second-order valence-electron chi connectivity index (χ2n) is 5.12. The van der Waals surface area contributed by atoms with E-state index >= 15 is 0 Å². The van der Waals surface area contributed by atoms with E-state index in [9.17, 15) is 0 Å². The van der Waals surface area contributed by atoms with E-state index in [0.717, 1.165) is 35.9 Å². The Labute approximate surface area is 125 Å². The van der Waals surface area contributed by atoms with Crippen molar-refractivity contribution in [2.75, 3.05) is 13.1 Å². The minimum Gasteiger partial charge on any atom is -0.317 e. The van der Waals surface area contributed by atoms with Crippen molar-refractivity contribution in [2.45, 2.75) is 40.0 Å². The third-order valence-corrected chi connectivity index (χ3v) is 4.33. The van der Waals surface area contributed by atoms with Gasteiger partial charge in [0, 0.05) is 12.0 Å². The van der Waals surface area contributed by atoms with Crippen LogP contribution >= 0.6 is 11.3 Å². The zero-order valence-electron chi connectivity index (χ0n) is 12.6. The van der Waals surface area contributed by atoms with Gasteiger partial charge >= 0.3 is 0 Å². The van der Waals surface area contributed by atoms with Gasteiger partial charge in [-0.25, -0.2) is 0 Å². The highest BCUT2D eigenvalue weighted by Gasteiger charge is 2.11. The number of benzene rings is 1. The molecule has 0 atom stereocenters. The lowest BCUT2D eigenvalue weighted by Crippen LogP contribution is -2.16. The molecule has 0 fully saturated rings. The predicted octanol–water partition coefficient (Wildman–Crippen LogP) is 3.75. The first-order valence-corrected chi connectivity index (χ1v) is 8.13. The van der Waals surface area contributed by atoms with E-state index in [1.165, 1.54) is 23.1 Å². The Bertz CT molecular complexity index is 528. The van der Waals surface area contributed by atoms with Gasteiger partial charge in [-0.15, -0.1) is 10.2 Å². The standard InChI is InChI=1S/C16H23N3S/c1-4-10-17-11-6-9-14-18-19-16(20-14)15-12(2)7-5-8-13(15)3/h5,7-8,17H,4,6,9-11H2,1-3H3. The first kappa shape index (κ1) is 15.1. The molecule has 0 aliphatic rings. The Hall–Kier alpha value is -1.26. The average molecular weight is 289 g/mol. The molecule has 0 spiro atoms. The molecule has 1 N–H and O–H groups in total. The Morgan fingerprint density at radius 1 is 1.10 bits per heavy atom.